The Morgan fingerprint density at radius 1 is 0.578 bits per heavy atom. The number of esters is 2. The van der Waals surface area contributed by atoms with Crippen LogP contribution in [0.2, 0.25) is 0 Å². The quantitative estimate of drug-likeness (QED) is 0.238. The normalized spacial score (nSPS) is 14.9. The highest BCUT2D eigenvalue weighted by Gasteiger charge is 2.18. The molecular weight excluding hydrogens is 580 g/mol. The number of amides is 2. The fraction of sp³-hybridized carbons (Fsp3) is 0.455. The largest absolute Gasteiger partial charge is 0.464 e. The van der Waals surface area contributed by atoms with E-state index in [1.54, 1.807) is 24.3 Å². The fourth-order valence-electron chi connectivity index (χ4n) is 5.06. The maximum atomic E-state index is 12.4. The molecule has 2 saturated heterocycles. The number of hydrogen-bond donors (Lipinski definition) is 2. The van der Waals surface area contributed by atoms with Gasteiger partial charge in [0.15, 0.2) is 0 Å². The van der Waals surface area contributed by atoms with E-state index in [1.165, 1.54) is 0 Å². The average molecular weight is 621 g/mol. The van der Waals surface area contributed by atoms with Gasteiger partial charge in [0.2, 0.25) is 0 Å². The van der Waals surface area contributed by atoms with Crippen molar-refractivity contribution in [1.82, 2.24) is 10.6 Å². The van der Waals surface area contributed by atoms with Gasteiger partial charge in [-0.1, -0.05) is 0 Å². The molecule has 2 aromatic rings. The molecule has 0 saturated carbocycles. The lowest BCUT2D eigenvalue weighted by atomic mass is 10.1. The second-order valence-electron chi connectivity index (χ2n) is 11.0. The Morgan fingerprint density at radius 3 is 1.29 bits per heavy atom. The molecule has 4 rings (SSSR count). The minimum Gasteiger partial charge on any atom is -0.464 e. The summed E-state index contributed by atoms with van der Waals surface area (Å²) in [5.74, 6) is -0.976. The molecule has 0 aromatic heterocycles. The number of benzene rings is 2. The standard InChI is InChI=1S/C33H40N4O8/c38-28-12-18-36(19-13-28)26-8-4-24(5-9-26)32(42)34-16-22-44-30(40)2-1-3-31(41)45-23-17-35-33(43)25-6-10-27(11-7-25)37-20-14-29(39)15-21-37/h4-11H,1-3,12-23H2,(H,34,42)(H,35,43). The summed E-state index contributed by atoms with van der Waals surface area (Å²) in [6.07, 6.45) is 2.47. The van der Waals surface area contributed by atoms with Gasteiger partial charge in [0, 0.05) is 87.2 Å². The van der Waals surface area contributed by atoms with Gasteiger partial charge >= 0.3 is 11.9 Å². The van der Waals surface area contributed by atoms with Crippen molar-refractivity contribution in [1.29, 1.82) is 0 Å². The van der Waals surface area contributed by atoms with Crippen LogP contribution in [0.3, 0.4) is 0 Å². The third kappa shape index (κ3) is 10.7. The van der Waals surface area contributed by atoms with E-state index in [2.05, 4.69) is 20.4 Å². The summed E-state index contributed by atoms with van der Waals surface area (Å²) in [5.41, 5.74) is 2.91. The lowest BCUT2D eigenvalue weighted by molar-refractivity contribution is -0.145. The molecule has 2 aromatic carbocycles. The van der Waals surface area contributed by atoms with Crippen molar-refractivity contribution in [2.75, 3.05) is 62.3 Å². The SMILES string of the molecule is O=C1CCN(c2ccc(C(=O)NCCOC(=O)CCCC(=O)OCCNC(=O)c3ccc(N4CCC(=O)CC4)cc3)cc2)CC1. The van der Waals surface area contributed by atoms with E-state index < -0.39 is 11.9 Å². The van der Waals surface area contributed by atoms with Crippen LogP contribution >= 0.6 is 0 Å². The Hall–Kier alpha value is -4.74. The molecule has 2 N–H and O–H groups in total. The van der Waals surface area contributed by atoms with Gasteiger partial charge in [0.25, 0.3) is 11.8 Å². The lowest BCUT2D eigenvalue weighted by Crippen LogP contribution is -2.33. The number of rotatable bonds is 14. The van der Waals surface area contributed by atoms with Gasteiger partial charge in [-0.15, -0.1) is 0 Å². The number of carbonyl (C=O) groups is 6. The first-order chi connectivity index (χ1) is 21.8. The maximum Gasteiger partial charge on any atom is 0.305 e. The van der Waals surface area contributed by atoms with Crippen molar-refractivity contribution in [2.24, 2.45) is 0 Å². The molecule has 12 nitrogen and oxygen atoms in total. The van der Waals surface area contributed by atoms with Crippen LogP contribution in [0.25, 0.3) is 0 Å². The number of nitrogens with zero attached hydrogens (tertiary/aromatic N) is 2. The zero-order chi connectivity index (χ0) is 32.0. The van der Waals surface area contributed by atoms with Gasteiger partial charge in [-0.2, -0.15) is 0 Å². The molecule has 2 amide bonds. The zero-order valence-corrected chi connectivity index (χ0v) is 25.4. The maximum absolute atomic E-state index is 12.4. The fourth-order valence-corrected chi connectivity index (χ4v) is 5.06. The summed E-state index contributed by atoms with van der Waals surface area (Å²) in [6.45, 7) is 3.04. The van der Waals surface area contributed by atoms with Crippen LogP contribution in [0.15, 0.2) is 48.5 Å². The second kappa shape index (κ2) is 16.9. The third-order valence-electron chi connectivity index (χ3n) is 7.69. The first kappa shape index (κ1) is 33.2. The van der Waals surface area contributed by atoms with Crippen LogP contribution in [-0.4, -0.2) is 87.8 Å². The molecule has 0 bridgehead atoms. The minimum absolute atomic E-state index is 0.0105. The van der Waals surface area contributed by atoms with Gasteiger partial charge in [-0.25, -0.2) is 0 Å². The predicted molar refractivity (Wildman–Crippen MR) is 166 cm³/mol. The number of Topliss-reactive ketones (excluding diaryl/α,β-unsaturated/α-hetero) is 2. The summed E-state index contributed by atoms with van der Waals surface area (Å²) in [5, 5.41) is 5.41. The minimum atomic E-state index is -0.478. The zero-order valence-electron chi connectivity index (χ0n) is 25.4. The highest BCUT2D eigenvalue weighted by molar-refractivity contribution is 5.95. The van der Waals surface area contributed by atoms with E-state index in [0.29, 0.717) is 63.0 Å². The Bertz CT molecular complexity index is 1240. The summed E-state index contributed by atoms with van der Waals surface area (Å²) in [4.78, 5) is 75.7. The van der Waals surface area contributed by atoms with Gasteiger partial charge in [0.1, 0.15) is 24.8 Å². The number of ketones is 2. The molecule has 2 aliphatic rings. The van der Waals surface area contributed by atoms with Crippen molar-refractivity contribution in [2.45, 2.75) is 44.9 Å². The molecule has 0 radical (unpaired) electrons. The molecule has 0 spiro atoms. The van der Waals surface area contributed by atoms with Crippen molar-refractivity contribution in [3.8, 4) is 0 Å². The van der Waals surface area contributed by atoms with E-state index in [9.17, 15) is 28.8 Å². The molecule has 45 heavy (non-hydrogen) atoms. The third-order valence-corrected chi connectivity index (χ3v) is 7.69. The van der Waals surface area contributed by atoms with Gasteiger partial charge in [0.05, 0.1) is 13.1 Å². The molecular formula is C33H40N4O8. The Morgan fingerprint density at radius 2 is 0.933 bits per heavy atom. The number of anilines is 2. The van der Waals surface area contributed by atoms with Crippen molar-refractivity contribution >= 4 is 46.7 Å². The first-order valence-corrected chi connectivity index (χ1v) is 15.4. The lowest BCUT2D eigenvalue weighted by Gasteiger charge is -2.28. The van der Waals surface area contributed by atoms with Gasteiger partial charge < -0.3 is 29.9 Å². The molecule has 2 fully saturated rings. The number of nitrogens with one attached hydrogen (secondary N) is 2. The molecule has 12 heteroatoms. The van der Waals surface area contributed by atoms with Crippen LogP contribution in [0.5, 0.6) is 0 Å². The van der Waals surface area contributed by atoms with Crippen LogP contribution in [-0.2, 0) is 28.7 Å². The molecule has 2 heterocycles. The van der Waals surface area contributed by atoms with Crippen molar-refractivity contribution < 1.29 is 38.2 Å². The summed E-state index contributed by atoms with van der Waals surface area (Å²) < 4.78 is 10.3. The van der Waals surface area contributed by atoms with Crippen LogP contribution in [0.4, 0.5) is 11.4 Å². The molecule has 2 aliphatic heterocycles. The Labute approximate surface area is 262 Å². The summed E-state index contributed by atoms with van der Waals surface area (Å²) in [6, 6.07) is 14.3. The van der Waals surface area contributed by atoms with Crippen molar-refractivity contribution in [3.63, 3.8) is 0 Å². The second-order valence-corrected chi connectivity index (χ2v) is 11.0. The highest BCUT2D eigenvalue weighted by atomic mass is 16.5. The monoisotopic (exact) mass is 620 g/mol. The van der Waals surface area contributed by atoms with E-state index in [-0.39, 0.29) is 68.9 Å². The topological polar surface area (TPSA) is 151 Å². The van der Waals surface area contributed by atoms with Crippen LogP contribution in [0, 0.1) is 0 Å². The molecule has 0 atom stereocenters. The molecule has 0 unspecified atom stereocenters. The molecule has 240 valence electrons. The molecule has 0 aliphatic carbocycles. The van der Waals surface area contributed by atoms with E-state index in [1.807, 2.05) is 24.3 Å². The van der Waals surface area contributed by atoms with E-state index >= 15 is 0 Å². The first-order valence-electron chi connectivity index (χ1n) is 15.4. The van der Waals surface area contributed by atoms with E-state index in [4.69, 9.17) is 9.47 Å². The number of ether oxygens (including phenoxy) is 2. The van der Waals surface area contributed by atoms with E-state index in [0.717, 1.165) is 11.4 Å². The number of carbonyl (C=O) groups excluding carboxylic acids is 6. The Balaban J connectivity index is 1.01. The summed E-state index contributed by atoms with van der Waals surface area (Å²) >= 11 is 0. The number of piperidine rings is 2. The average Bonchev–Trinajstić information content (AvgIpc) is 3.06. The van der Waals surface area contributed by atoms with Crippen LogP contribution < -0.4 is 20.4 Å². The summed E-state index contributed by atoms with van der Waals surface area (Å²) in [7, 11) is 0. The van der Waals surface area contributed by atoms with Crippen molar-refractivity contribution in [3.05, 3.63) is 59.7 Å². The van der Waals surface area contributed by atoms with Gasteiger partial charge in [-0.3, -0.25) is 28.8 Å². The van der Waals surface area contributed by atoms with Crippen LogP contribution in [0.1, 0.15) is 65.7 Å². The number of hydrogen-bond acceptors (Lipinski definition) is 10. The smallest absolute Gasteiger partial charge is 0.305 e. The Kier molecular flexibility index (Phi) is 12.5. The highest BCUT2D eigenvalue weighted by Crippen LogP contribution is 2.20. The van der Waals surface area contributed by atoms with Gasteiger partial charge in [-0.05, 0) is 55.0 Å². The predicted octanol–water partition coefficient (Wildman–Crippen LogP) is 2.44.